The third-order valence-corrected chi connectivity index (χ3v) is 3.27. The van der Waals surface area contributed by atoms with Crippen molar-refractivity contribution in [3.05, 3.63) is 60.2 Å². The van der Waals surface area contributed by atoms with Gasteiger partial charge in [0.05, 0.1) is 12.2 Å². The lowest BCUT2D eigenvalue weighted by molar-refractivity contribution is 0.458. The normalized spacial score (nSPS) is 12.7. The summed E-state index contributed by atoms with van der Waals surface area (Å²) in [5, 5.41) is 11.8. The van der Waals surface area contributed by atoms with E-state index in [2.05, 4.69) is 46.8 Å². The van der Waals surface area contributed by atoms with E-state index in [0.29, 0.717) is 6.67 Å². The van der Waals surface area contributed by atoms with Crippen molar-refractivity contribution in [1.82, 2.24) is 20.3 Å². The summed E-state index contributed by atoms with van der Waals surface area (Å²) >= 11 is 0. The number of aromatic nitrogens is 3. The molecular weight excluding hydrogens is 236 g/mol. The predicted octanol–water partition coefficient (Wildman–Crippen LogP) is 2.74. The van der Waals surface area contributed by atoms with Crippen LogP contribution in [-0.2, 0) is 6.67 Å². The van der Waals surface area contributed by atoms with Gasteiger partial charge in [0.25, 0.3) is 0 Å². The van der Waals surface area contributed by atoms with Gasteiger partial charge < -0.3 is 0 Å². The minimum atomic E-state index is 0.282. The molecule has 4 heteroatoms. The number of benzene rings is 2. The Hall–Kier alpha value is -2.20. The average Bonchev–Trinajstić information content (AvgIpc) is 2.89. The predicted molar refractivity (Wildman–Crippen MR) is 75.5 cm³/mol. The number of nitrogens with zero attached hydrogens (tertiary/aromatic N) is 3. The molecule has 1 heterocycles. The molecule has 4 nitrogen and oxygen atoms in total. The van der Waals surface area contributed by atoms with Crippen LogP contribution in [0.1, 0.15) is 18.5 Å². The second kappa shape index (κ2) is 5.20. The fourth-order valence-corrected chi connectivity index (χ4v) is 2.12. The van der Waals surface area contributed by atoms with Crippen molar-refractivity contribution in [2.24, 2.45) is 0 Å². The molecule has 1 unspecified atom stereocenters. The van der Waals surface area contributed by atoms with E-state index in [-0.39, 0.29) is 6.04 Å². The maximum Gasteiger partial charge on any atom is 0.113 e. The monoisotopic (exact) mass is 252 g/mol. The second-order valence-electron chi connectivity index (χ2n) is 4.57. The Balaban J connectivity index is 1.73. The number of rotatable bonds is 4. The summed E-state index contributed by atoms with van der Waals surface area (Å²) in [6.07, 6.45) is 0. The molecule has 96 valence electrons. The van der Waals surface area contributed by atoms with Crippen LogP contribution in [0.4, 0.5) is 0 Å². The zero-order valence-corrected chi connectivity index (χ0v) is 10.8. The summed E-state index contributed by atoms with van der Waals surface area (Å²) in [5.41, 5.74) is 3.25. The van der Waals surface area contributed by atoms with Crippen molar-refractivity contribution < 1.29 is 0 Å². The van der Waals surface area contributed by atoms with Gasteiger partial charge in [-0.2, -0.15) is 0 Å². The van der Waals surface area contributed by atoms with Crippen LogP contribution in [0.25, 0.3) is 11.0 Å². The molecule has 0 aliphatic carbocycles. The first-order chi connectivity index (χ1) is 9.34. The van der Waals surface area contributed by atoms with E-state index in [1.54, 1.807) is 0 Å². The molecule has 1 aromatic heterocycles. The number of hydrogen-bond acceptors (Lipinski definition) is 3. The fraction of sp³-hybridized carbons (Fsp3) is 0.200. The van der Waals surface area contributed by atoms with E-state index >= 15 is 0 Å². The highest BCUT2D eigenvalue weighted by Gasteiger charge is 2.06. The Morgan fingerprint density at radius 2 is 1.79 bits per heavy atom. The second-order valence-corrected chi connectivity index (χ2v) is 4.57. The standard InChI is InChI=1S/C15H16N4/c1-12(13-7-3-2-4-8-13)16-11-19-15-10-6-5-9-14(15)17-18-19/h2-10,12,16H,11H2,1H3. The third kappa shape index (κ3) is 2.48. The molecule has 0 aliphatic rings. The van der Waals surface area contributed by atoms with Gasteiger partial charge in [-0.1, -0.05) is 47.7 Å². The van der Waals surface area contributed by atoms with Crippen LogP contribution in [0.2, 0.25) is 0 Å². The van der Waals surface area contributed by atoms with Crippen molar-refractivity contribution in [2.75, 3.05) is 0 Å². The Kier molecular flexibility index (Phi) is 3.25. The van der Waals surface area contributed by atoms with Crippen molar-refractivity contribution in [3.63, 3.8) is 0 Å². The molecule has 3 rings (SSSR count). The number of nitrogens with one attached hydrogen (secondary N) is 1. The first kappa shape index (κ1) is 11.9. The van der Waals surface area contributed by atoms with E-state index in [1.165, 1.54) is 5.56 Å². The van der Waals surface area contributed by atoms with Gasteiger partial charge in [-0.3, -0.25) is 5.32 Å². The van der Waals surface area contributed by atoms with Gasteiger partial charge in [0, 0.05) is 6.04 Å². The van der Waals surface area contributed by atoms with Crippen molar-refractivity contribution >= 4 is 11.0 Å². The van der Waals surface area contributed by atoms with Crippen LogP contribution in [0.3, 0.4) is 0 Å². The van der Waals surface area contributed by atoms with Crippen LogP contribution < -0.4 is 5.32 Å². The summed E-state index contributed by atoms with van der Waals surface area (Å²) in [5.74, 6) is 0. The zero-order valence-electron chi connectivity index (χ0n) is 10.8. The van der Waals surface area contributed by atoms with E-state index < -0.39 is 0 Å². The van der Waals surface area contributed by atoms with Gasteiger partial charge in [0.2, 0.25) is 0 Å². The number of hydrogen-bond donors (Lipinski definition) is 1. The maximum atomic E-state index is 4.17. The van der Waals surface area contributed by atoms with Gasteiger partial charge in [0.15, 0.2) is 0 Å². The van der Waals surface area contributed by atoms with Crippen LogP contribution in [0.5, 0.6) is 0 Å². The first-order valence-electron chi connectivity index (χ1n) is 6.41. The molecule has 1 N–H and O–H groups in total. The topological polar surface area (TPSA) is 42.7 Å². The molecule has 19 heavy (non-hydrogen) atoms. The molecule has 0 saturated heterocycles. The quantitative estimate of drug-likeness (QED) is 0.776. The molecule has 0 aliphatic heterocycles. The summed E-state index contributed by atoms with van der Waals surface area (Å²) in [6.45, 7) is 2.80. The Morgan fingerprint density at radius 1 is 1.05 bits per heavy atom. The largest absolute Gasteiger partial charge is 0.292 e. The summed E-state index contributed by atoms with van der Waals surface area (Å²) < 4.78 is 1.88. The lowest BCUT2D eigenvalue weighted by atomic mass is 10.1. The highest BCUT2D eigenvalue weighted by Crippen LogP contribution is 2.13. The minimum Gasteiger partial charge on any atom is -0.292 e. The lowest BCUT2D eigenvalue weighted by Gasteiger charge is -2.14. The molecule has 0 fully saturated rings. The molecule has 0 spiro atoms. The zero-order chi connectivity index (χ0) is 13.1. The van der Waals surface area contributed by atoms with Gasteiger partial charge in [0.1, 0.15) is 5.52 Å². The van der Waals surface area contributed by atoms with Crippen LogP contribution in [0.15, 0.2) is 54.6 Å². The van der Waals surface area contributed by atoms with Gasteiger partial charge in [-0.15, -0.1) is 5.10 Å². The Bertz CT molecular complexity index is 660. The van der Waals surface area contributed by atoms with Gasteiger partial charge >= 0.3 is 0 Å². The minimum absolute atomic E-state index is 0.282. The van der Waals surface area contributed by atoms with E-state index in [4.69, 9.17) is 0 Å². The molecule has 1 atom stereocenters. The molecular formula is C15H16N4. The number of para-hydroxylation sites is 1. The van der Waals surface area contributed by atoms with Gasteiger partial charge in [-0.05, 0) is 24.6 Å². The summed E-state index contributed by atoms with van der Waals surface area (Å²) in [7, 11) is 0. The summed E-state index contributed by atoms with van der Waals surface area (Å²) in [4.78, 5) is 0. The molecule has 0 bridgehead atoms. The lowest BCUT2D eigenvalue weighted by Crippen LogP contribution is -2.22. The van der Waals surface area contributed by atoms with Crippen molar-refractivity contribution in [3.8, 4) is 0 Å². The Morgan fingerprint density at radius 3 is 2.63 bits per heavy atom. The highest BCUT2D eigenvalue weighted by molar-refractivity contribution is 5.73. The third-order valence-electron chi connectivity index (χ3n) is 3.27. The SMILES string of the molecule is CC(NCn1nnc2ccccc21)c1ccccc1. The van der Waals surface area contributed by atoms with Crippen molar-refractivity contribution in [2.45, 2.75) is 19.6 Å². The van der Waals surface area contributed by atoms with Crippen LogP contribution in [0, 0.1) is 0 Å². The Labute approximate surface area is 112 Å². The van der Waals surface area contributed by atoms with E-state index in [1.807, 2.05) is 35.0 Å². The smallest absolute Gasteiger partial charge is 0.113 e. The number of fused-ring (bicyclic) bond motifs is 1. The van der Waals surface area contributed by atoms with Gasteiger partial charge in [-0.25, -0.2) is 4.68 Å². The van der Waals surface area contributed by atoms with E-state index in [0.717, 1.165) is 11.0 Å². The summed E-state index contributed by atoms with van der Waals surface area (Å²) in [6, 6.07) is 18.6. The maximum absolute atomic E-state index is 4.17. The van der Waals surface area contributed by atoms with E-state index in [9.17, 15) is 0 Å². The fourth-order valence-electron chi connectivity index (χ4n) is 2.12. The first-order valence-corrected chi connectivity index (χ1v) is 6.41. The van der Waals surface area contributed by atoms with Crippen molar-refractivity contribution in [1.29, 1.82) is 0 Å². The average molecular weight is 252 g/mol. The molecule has 3 aromatic rings. The molecule has 0 amide bonds. The van der Waals surface area contributed by atoms with Crippen LogP contribution in [-0.4, -0.2) is 15.0 Å². The molecule has 0 radical (unpaired) electrons. The molecule has 0 saturated carbocycles. The highest BCUT2D eigenvalue weighted by atomic mass is 15.4. The molecule has 2 aromatic carbocycles. The van der Waals surface area contributed by atoms with Crippen LogP contribution >= 0.6 is 0 Å².